The summed E-state index contributed by atoms with van der Waals surface area (Å²) in [6.45, 7) is 8.68. The van der Waals surface area contributed by atoms with Crippen molar-refractivity contribution in [1.82, 2.24) is 35.8 Å². The molecule has 0 spiro atoms. The standard InChI is InChI=1S/C36H51N7O7/c1-24(2)19-29-35(46)39-33(25(3)44)36(47)37-15-8-9-16-42(21-27-11-6-7-12-30(27)48-4)17-10-18-43-22-28(40-41-43)23-50-32-20-26(34(45)38-29)13-14-31(32)49-5/h6-7,11-14,20,22,24-25,29,33,44H,8-10,15-19,21,23H2,1-5H3,(H,37,47)(H,38,45)(H,39,46)/t25-,29-,33+/m1/s1. The molecule has 0 saturated carbocycles. The van der Waals surface area contributed by atoms with Crippen LogP contribution in [0.15, 0.2) is 48.7 Å². The smallest absolute Gasteiger partial charge is 0.252 e. The summed E-state index contributed by atoms with van der Waals surface area (Å²) in [7, 11) is 3.17. The Morgan fingerprint density at radius 3 is 2.44 bits per heavy atom. The Balaban J connectivity index is 1.57. The van der Waals surface area contributed by atoms with Crippen LogP contribution in [0, 0.1) is 5.92 Å². The largest absolute Gasteiger partial charge is 0.496 e. The number of aliphatic hydroxyl groups excluding tert-OH is 1. The van der Waals surface area contributed by atoms with Gasteiger partial charge in [0.2, 0.25) is 11.8 Å². The molecule has 4 bridgehead atoms. The number of carbonyl (C=O) groups is 3. The molecule has 2 heterocycles. The van der Waals surface area contributed by atoms with Crippen molar-refractivity contribution in [2.75, 3.05) is 33.9 Å². The summed E-state index contributed by atoms with van der Waals surface area (Å²) in [6.07, 6.45) is 3.30. The molecule has 272 valence electrons. The predicted molar refractivity (Wildman–Crippen MR) is 187 cm³/mol. The molecule has 0 aliphatic carbocycles. The van der Waals surface area contributed by atoms with Crippen molar-refractivity contribution in [3.8, 4) is 17.2 Å². The van der Waals surface area contributed by atoms with E-state index in [9.17, 15) is 19.5 Å². The van der Waals surface area contributed by atoms with Crippen LogP contribution in [-0.4, -0.2) is 94.8 Å². The van der Waals surface area contributed by atoms with Crippen LogP contribution in [0.5, 0.6) is 17.2 Å². The average Bonchev–Trinajstić information content (AvgIpc) is 3.55. The van der Waals surface area contributed by atoms with E-state index in [1.54, 1.807) is 30.0 Å². The molecular formula is C36H51N7O7. The van der Waals surface area contributed by atoms with Gasteiger partial charge in [0.05, 0.1) is 26.5 Å². The number of hydrogen-bond donors (Lipinski definition) is 4. The molecule has 3 atom stereocenters. The van der Waals surface area contributed by atoms with Gasteiger partial charge in [-0.2, -0.15) is 0 Å². The average molecular weight is 694 g/mol. The molecule has 3 amide bonds. The number of rotatable bonds is 7. The van der Waals surface area contributed by atoms with Gasteiger partial charge in [-0.25, -0.2) is 0 Å². The molecule has 2 aromatic carbocycles. The fraction of sp³-hybridized carbons (Fsp3) is 0.528. The van der Waals surface area contributed by atoms with Crippen molar-refractivity contribution in [2.24, 2.45) is 5.92 Å². The number of methoxy groups -OCH3 is 2. The molecule has 50 heavy (non-hydrogen) atoms. The molecule has 1 aromatic heterocycles. The number of aromatic nitrogens is 3. The molecule has 3 aromatic rings. The fourth-order valence-electron chi connectivity index (χ4n) is 5.78. The van der Waals surface area contributed by atoms with Gasteiger partial charge < -0.3 is 35.3 Å². The van der Waals surface area contributed by atoms with E-state index in [2.05, 4.69) is 37.2 Å². The minimum atomic E-state index is -1.20. The van der Waals surface area contributed by atoms with Gasteiger partial charge in [-0.15, -0.1) is 5.10 Å². The number of para-hydroxylation sites is 1. The van der Waals surface area contributed by atoms with E-state index in [1.165, 1.54) is 14.0 Å². The summed E-state index contributed by atoms with van der Waals surface area (Å²) in [5, 5.41) is 27.4. The van der Waals surface area contributed by atoms with Crippen LogP contribution >= 0.6 is 0 Å². The minimum absolute atomic E-state index is 0.0439. The lowest BCUT2D eigenvalue weighted by atomic mass is 10.0. The highest BCUT2D eigenvalue weighted by atomic mass is 16.5. The van der Waals surface area contributed by atoms with Crippen molar-refractivity contribution in [1.29, 1.82) is 0 Å². The summed E-state index contributed by atoms with van der Waals surface area (Å²) in [4.78, 5) is 42.4. The highest BCUT2D eigenvalue weighted by Crippen LogP contribution is 2.29. The van der Waals surface area contributed by atoms with E-state index in [0.29, 0.717) is 49.7 Å². The van der Waals surface area contributed by atoms with E-state index in [4.69, 9.17) is 14.2 Å². The monoisotopic (exact) mass is 693 g/mol. The molecule has 4 rings (SSSR count). The quantitative estimate of drug-likeness (QED) is 0.289. The number of aryl methyl sites for hydroxylation is 1. The third-order valence-corrected chi connectivity index (χ3v) is 8.43. The number of amides is 3. The number of hydrogen-bond acceptors (Lipinski definition) is 10. The van der Waals surface area contributed by atoms with Gasteiger partial charge in [-0.1, -0.05) is 37.3 Å². The van der Waals surface area contributed by atoms with Crippen LogP contribution in [0.3, 0.4) is 0 Å². The van der Waals surface area contributed by atoms with Crippen LogP contribution in [0.1, 0.15) is 68.1 Å². The van der Waals surface area contributed by atoms with Crippen molar-refractivity contribution >= 4 is 17.7 Å². The second-order valence-corrected chi connectivity index (χ2v) is 12.9. The molecule has 0 fully saturated rings. The summed E-state index contributed by atoms with van der Waals surface area (Å²) >= 11 is 0. The van der Waals surface area contributed by atoms with E-state index in [0.717, 1.165) is 37.2 Å². The molecular weight excluding hydrogens is 642 g/mol. The van der Waals surface area contributed by atoms with E-state index >= 15 is 0 Å². The third kappa shape index (κ3) is 11.2. The Bertz CT molecular complexity index is 1560. The molecule has 14 heteroatoms. The van der Waals surface area contributed by atoms with Gasteiger partial charge in [-0.05, 0) is 69.3 Å². The Kier molecular flexibility index (Phi) is 14.4. The second-order valence-electron chi connectivity index (χ2n) is 12.9. The van der Waals surface area contributed by atoms with Crippen molar-refractivity contribution < 1.29 is 33.7 Å². The number of ether oxygens (including phenoxy) is 3. The van der Waals surface area contributed by atoms with E-state index < -0.39 is 35.9 Å². The third-order valence-electron chi connectivity index (χ3n) is 8.43. The van der Waals surface area contributed by atoms with Gasteiger partial charge in [0, 0.05) is 37.3 Å². The van der Waals surface area contributed by atoms with Crippen LogP contribution in [-0.2, 0) is 29.3 Å². The lowest BCUT2D eigenvalue weighted by Gasteiger charge is -2.26. The zero-order valence-electron chi connectivity index (χ0n) is 29.7. The minimum Gasteiger partial charge on any atom is -0.496 e. The predicted octanol–water partition coefficient (Wildman–Crippen LogP) is 2.69. The number of benzene rings is 2. The van der Waals surface area contributed by atoms with Gasteiger partial charge in [0.1, 0.15) is 30.1 Å². The maximum absolute atomic E-state index is 13.5. The maximum Gasteiger partial charge on any atom is 0.252 e. The first kappa shape index (κ1) is 38.1. The summed E-state index contributed by atoms with van der Waals surface area (Å²) in [5.41, 5.74) is 1.95. The van der Waals surface area contributed by atoms with Gasteiger partial charge in [0.15, 0.2) is 11.5 Å². The normalized spacial score (nSPS) is 19.7. The molecule has 1 aliphatic heterocycles. The van der Waals surface area contributed by atoms with Crippen molar-refractivity contribution in [2.45, 2.75) is 84.3 Å². The Hall–Kier alpha value is -4.69. The molecule has 0 saturated heterocycles. The highest BCUT2D eigenvalue weighted by molar-refractivity contribution is 5.99. The number of nitrogens with one attached hydrogen (secondary N) is 3. The van der Waals surface area contributed by atoms with E-state index in [1.807, 2.05) is 38.2 Å². The number of carbonyl (C=O) groups excluding carboxylic acids is 3. The summed E-state index contributed by atoms with van der Waals surface area (Å²) < 4.78 is 18.9. The van der Waals surface area contributed by atoms with Crippen LogP contribution in [0.4, 0.5) is 0 Å². The SMILES string of the molecule is COc1ccccc1CN1CCCCNC(=O)[C@H]([C@@H](C)O)NC(=O)[C@@H](CC(C)C)NC(=O)c2ccc(OC)c(c2)OCc2cn(nn2)CCC1. The first-order chi connectivity index (χ1) is 24.1. The highest BCUT2D eigenvalue weighted by Gasteiger charge is 2.30. The lowest BCUT2D eigenvalue weighted by molar-refractivity contribution is -0.132. The molecule has 4 N–H and O–H groups in total. The zero-order chi connectivity index (χ0) is 36.0. The Labute approximate surface area is 293 Å². The van der Waals surface area contributed by atoms with Gasteiger partial charge in [-0.3, -0.25) is 24.0 Å². The molecule has 1 aliphatic rings. The molecule has 0 unspecified atom stereocenters. The summed E-state index contributed by atoms with van der Waals surface area (Å²) in [6, 6.07) is 10.5. The molecule has 14 nitrogen and oxygen atoms in total. The van der Waals surface area contributed by atoms with Crippen LogP contribution in [0.25, 0.3) is 0 Å². The Morgan fingerprint density at radius 2 is 1.70 bits per heavy atom. The lowest BCUT2D eigenvalue weighted by Crippen LogP contribution is -2.57. The van der Waals surface area contributed by atoms with Crippen molar-refractivity contribution in [3.63, 3.8) is 0 Å². The number of aliphatic hydroxyl groups is 1. The topological polar surface area (TPSA) is 169 Å². The maximum atomic E-state index is 13.5. The number of fused-ring (bicyclic) bond motifs is 4. The van der Waals surface area contributed by atoms with Crippen LogP contribution in [0.2, 0.25) is 0 Å². The fourth-order valence-corrected chi connectivity index (χ4v) is 5.78. The first-order valence-corrected chi connectivity index (χ1v) is 17.2. The zero-order valence-corrected chi connectivity index (χ0v) is 29.7. The summed E-state index contributed by atoms with van der Waals surface area (Å²) in [5.74, 6) is 0.0579. The molecule has 0 radical (unpaired) electrons. The first-order valence-electron chi connectivity index (χ1n) is 17.2. The van der Waals surface area contributed by atoms with Crippen LogP contribution < -0.4 is 30.2 Å². The van der Waals surface area contributed by atoms with Gasteiger partial charge in [0.25, 0.3) is 5.91 Å². The van der Waals surface area contributed by atoms with Crippen molar-refractivity contribution in [3.05, 3.63) is 65.5 Å². The second kappa shape index (κ2) is 18.9. The Morgan fingerprint density at radius 1 is 0.940 bits per heavy atom. The number of nitrogens with zero attached hydrogens (tertiary/aromatic N) is 4. The van der Waals surface area contributed by atoms with E-state index in [-0.39, 0.29) is 18.1 Å². The van der Waals surface area contributed by atoms with Gasteiger partial charge >= 0.3 is 0 Å².